The number of rotatable bonds is 9. The molecule has 0 bridgehead atoms. The van der Waals surface area contributed by atoms with Crippen molar-refractivity contribution in [2.75, 3.05) is 26.7 Å². The Labute approximate surface area is 149 Å². The van der Waals surface area contributed by atoms with Gasteiger partial charge in [-0.25, -0.2) is 0 Å². The highest BCUT2D eigenvalue weighted by molar-refractivity contribution is 14.0. The average molecular weight is 422 g/mol. The molecular weight excluding hydrogens is 395 g/mol. The van der Waals surface area contributed by atoms with Gasteiger partial charge in [0.15, 0.2) is 11.7 Å². The van der Waals surface area contributed by atoms with Gasteiger partial charge in [0.05, 0.1) is 6.26 Å². The number of furan rings is 1. The van der Waals surface area contributed by atoms with Crippen molar-refractivity contribution >= 4 is 35.8 Å². The molecule has 1 aromatic heterocycles. The highest BCUT2D eigenvalue weighted by Crippen LogP contribution is 1.98. The number of guanidine groups is 1. The number of hydrogen-bond acceptors (Lipinski definition) is 3. The van der Waals surface area contributed by atoms with Crippen LogP contribution >= 0.6 is 24.0 Å². The SMILES string of the molecule is CCCCCCNC(=NC)NCCNC(=O)c1ccco1.I. The number of carbonyl (C=O) groups excluding carboxylic acids is 1. The second-order valence-electron chi connectivity index (χ2n) is 4.72. The predicted octanol–water partition coefficient (Wildman–Crippen LogP) is 2.37. The fourth-order valence-corrected chi connectivity index (χ4v) is 1.83. The third-order valence-electron chi connectivity index (χ3n) is 2.99. The Hall–Kier alpha value is -1.25. The molecule has 1 heterocycles. The lowest BCUT2D eigenvalue weighted by Gasteiger charge is -2.11. The number of nitrogens with one attached hydrogen (secondary N) is 3. The van der Waals surface area contributed by atoms with Crippen molar-refractivity contribution < 1.29 is 9.21 Å². The first-order valence-electron chi connectivity index (χ1n) is 7.54. The van der Waals surface area contributed by atoms with E-state index in [1.165, 1.54) is 25.5 Å². The molecule has 0 radical (unpaired) electrons. The van der Waals surface area contributed by atoms with Crippen LogP contribution in [0.25, 0.3) is 0 Å². The van der Waals surface area contributed by atoms with Gasteiger partial charge in [-0.2, -0.15) is 0 Å². The number of amides is 1. The molecule has 1 rings (SSSR count). The van der Waals surface area contributed by atoms with E-state index in [0.29, 0.717) is 18.8 Å². The zero-order valence-corrected chi connectivity index (χ0v) is 15.7. The van der Waals surface area contributed by atoms with Crippen LogP contribution in [0.2, 0.25) is 0 Å². The Bertz CT molecular complexity index is 421. The normalized spacial score (nSPS) is 10.7. The Morgan fingerprint density at radius 2 is 1.86 bits per heavy atom. The van der Waals surface area contributed by atoms with Gasteiger partial charge in [0.2, 0.25) is 0 Å². The van der Waals surface area contributed by atoms with E-state index in [2.05, 4.69) is 27.9 Å². The van der Waals surface area contributed by atoms with Crippen LogP contribution in [0.1, 0.15) is 43.2 Å². The molecule has 0 fully saturated rings. The third-order valence-corrected chi connectivity index (χ3v) is 2.99. The molecule has 1 aromatic rings. The number of unbranched alkanes of at least 4 members (excludes halogenated alkanes) is 3. The highest BCUT2D eigenvalue weighted by Gasteiger charge is 2.06. The predicted molar refractivity (Wildman–Crippen MR) is 100.0 cm³/mol. The van der Waals surface area contributed by atoms with Gasteiger partial charge in [-0.3, -0.25) is 9.79 Å². The van der Waals surface area contributed by atoms with Crippen molar-refractivity contribution in [3.63, 3.8) is 0 Å². The highest BCUT2D eigenvalue weighted by atomic mass is 127. The lowest BCUT2D eigenvalue weighted by molar-refractivity contribution is 0.0926. The summed E-state index contributed by atoms with van der Waals surface area (Å²) in [6.45, 7) is 4.24. The van der Waals surface area contributed by atoms with Gasteiger partial charge in [0.25, 0.3) is 5.91 Å². The lowest BCUT2D eigenvalue weighted by Crippen LogP contribution is -2.41. The van der Waals surface area contributed by atoms with E-state index >= 15 is 0 Å². The van der Waals surface area contributed by atoms with E-state index in [1.807, 2.05) is 0 Å². The summed E-state index contributed by atoms with van der Waals surface area (Å²) < 4.78 is 5.01. The second-order valence-corrected chi connectivity index (χ2v) is 4.72. The van der Waals surface area contributed by atoms with Gasteiger partial charge in [-0.05, 0) is 18.6 Å². The molecule has 7 heteroatoms. The summed E-state index contributed by atoms with van der Waals surface area (Å²) in [5.41, 5.74) is 0. The summed E-state index contributed by atoms with van der Waals surface area (Å²) in [5, 5.41) is 9.18. The monoisotopic (exact) mass is 422 g/mol. The zero-order valence-electron chi connectivity index (χ0n) is 13.4. The summed E-state index contributed by atoms with van der Waals surface area (Å²) in [7, 11) is 1.74. The molecule has 0 saturated heterocycles. The topological polar surface area (TPSA) is 78.7 Å². The minimum Gasteiger partial charge on any atom is -0.459 e. The van der Waals surface area contributed by atoms with E-state index in [9.17, 15) is 4.79 Å². The van der Waals surface area contributed by atoms with Crippen molar-refractivity contribution in [3.05, 3.63) is 24.2 Å². The van der Waals surface area contributed by atoms with Crippen LogP contribution in [0.4, 0.5) is 0 Å². The van der Waals surface area contributed by atoms with E-state index in [4.69, 9.17) is 4.42 Å². The molecule has 0 aliphatic heterocycles. The fourth-order valence-electron chi connectivity index (χ4n) is 1.83. The summed E-state index contributed by atoms with van der Waals surface area (Å²) in [6, 6.07) is 3.33. The van der Waals surface area contributed by atoms with Crippen LogP contribution < -0.4 is 16.0 Å². The molecule has 0 spiro atoms. The van der Waals surface area contributed by atoms with E-state index in [-0.39, 0.29) is 29.9 Å². The third kappa shape index (κ3) is 8.91. The first kappa shape index (κ1) is 20.8. The molecule has 22 heavy (non-hydrogen) atoms. The van der Waals surface area contributed by atoms with Gasteiger partial charge in [-0.1, -0.05) is 26.2 Å². The smallest absolute Gasteiger partial charge is 0.287 e. The van der Waals surface area contributed by atoms with Crippen molar-refractivity contribution in [3.8, 4) is 0 Å². The van der Waals surface area contributed by atoms with Gasteiger partial charge in [0.1, 0.15) is 0 Å². The standard InChI is InChI=1S/C15H26N4O2.HI/c1-3-4-5-6-9-18-15(16-2)19-11-10-17-14(20)13-8-7-12-21-13;/h7-8,12H,3-6,9-11H2,1-2H3,(H,17,20)(H2,16,18,19);1H. The minimum atomic E-state index is -0.204. The van der Waals surface area contributed by atoms with Crippen LogP contribution in [0.15, 0.2) is 27.8 Å². The zero-order chi connectivity index (χ0) is 15.3. The average Bonchev–Trinajstić information content (AvgIpc) is 3.03. The van der Waals surface area contributed by atoms with Gasteiger partial charge >= 0.3 is 0 Å². The van der Waals surface area contributed by atoms with Gasteiger partial charge < -0.3 is 20.4 Å². The van der Waals surface area contributed by atoms with Crippen LogP contribution in [0.3, 0.4) is 0 Å². The van der Waals surface area contributed by atoms with E-state index < -0.39 is 0 Å². The molecular formula is C15H27IN4O2. The molecule has 0 atom stereocenters. The summed E-state index contributed by atoms with van der Waals surface area (Å²) >= 11 is 0. The first-order chi connectivity index (χ1) is 10.3. The van der Waals surface area contributed by atoms with Crippen LogP contribution in [-0.4, -0.2) is 38.5 Å². The maximum atomic E-state index is 11.6. The second kappa shape index (κ2) is 13.4. The quantitative estimate of drug-likeness (QED) is 0.247. The number of halogens is 1. The Morgan fingerprint density at radius 3 is 2.50 bits per heavy atom. The molecule has 1 amide bonds. The van der Waals surface area contributed by atoms with Crippen molar-refractivity contribution in [2.24, 2.45) is 4.99 Å². The molecule has 0 aromatic carbocycles. The molecule has 0 saturated carbocycles. The molecule has 6 nitrogen and oxygen atoms in total. The van der Waals surface area contributed by atoms with Crippen molar-refractivity contribution in [1.29, 1.82) is 0 Å². The van der Waals surface area contributed by atoms with Gasteiger partial charge in [-0.15, -0.1) is 24.0 Å². The fraction of sp³-hybridized carbons (Fsp3) is 0.600. The van der Waals surface area contributed by atoms with E-state index in [1.54, 1.807) is 19.2 Å². The minimum absolute atomic E-state index is 0. The molecule has 3 N–H and O–H groups in total. The van der Waals surface area contributed by atoms with Crippen LogP contribution in [0, 0.1) is 0 Å². The summed E-state index contributed by atoms with van der Waals surface area (Å²) in [4.78, 5) is 15.7. The number of aliphatic imine (C=N–C) groups is 1. The van der Waals surface area contributed by atoms with Gasteiger partial charge in [0, 0.05) is 26.7 Å². The molecule has 0 aliphatic carbocycles. The maximum Gasteiger partial charge on any atom is 0.287 e. The van der Waals surface area contributed by atoms with E-state index in [0.717, 1.165) is 18.9 Å². The summed E-state index contributed by atoms with van der Waals surface area (Å²) in [6.07, 6.45) is 6.37. The first-order valence-corrected chi connectivity index (χ1v) is 7.54. The lowest BCUT2D eigenvalue weighted by atomic mass is 10.2. The summed E-state index contributed by atoms with van der Waals surface area (Å²) in [5.74, 6) is 0.886. The van der Waals surface area contributed by atoms with Crippen molar-refractivity contribution in [2.45, 2.75) is 32.6 Å². The van der Waals surface area contributed by atoms with Crippen LogP contribution in [-0.2, 0) is 0 Å². The Morgan fingerprint density at radius 1 is 1.14 bits per heavy atom. The molecule has 0 aliphatic rings. The molecule has 0 unspecified atom stereocenters. The Balaban J connectivity index is 0.00000441. The number of hydrogen-bond donors (Lipinski definition) is 3. The largest absolute Gasteiger partial charge is 0.459 e. The number of carbonyl (C=O) groups is 1. The van der Waals surface area contributed by atoms with Crippen molar-refractivity contribution in [1.82, 2.24) is 16.0 Å². The maximum absolute atomic E-state index is 11.6. The Kier molecular flexibility index (Phi) is 12.7. The number of nitrogens with zero attached hydrogens (tertiary/aromatic N) is 1. The molecule has 126 valence electrons. The van der Waals surface area contributed by atoms with Crippen LogP contribution in [0.5, 0.6) is 0 Å².